The van der Waals surface area contributed by atoms with E-state index < -0.39 is 6.09 Å². The maximum atomic E-state index is 12.7. The highest BCUT2D eigenvalue weighted by atomic mass is 16.4. The molecule has 0 radical (unpaired) electrons. The Morgan fingerprint density at radius 1 is 1.06 bits per heavy atom. The van der Waals surface area contributed by atoms with Crippen LogP contribution in [0.5, 0.6) is 0 Å². The first-order chi connectivity index (χ1) is 16.4. The Bertz CT molecular complexity index is 1250. The summed E-state index contributed by atoms with van der Waals surface area (Å²) in [5.74, 6) is 1.41. The molecule has 3 heterocycles. The third kappa shape index (κ3) is 4.23. The highest BCUT2D eigenvalue weighted by Gasteiger charge is 2.42. The molecule has 2 amide bonds. The smallest absolute Gasteiger partial charge is 0.407 e. The molecule has 8 nitrogen and oxygen atoms in total. The lowest BCUT2D eigenvalue weighted by atomic mass is 10.0. The largest absolute Gasteiger partial charge is 0.465 e. The van der Waals surface area contributed by atoms with Crippen LogP contribution in [0.25, 0.3) is 11.0 Å². The molecule has 0 spiro atoms. The minimum atomic E-state index is -0.832. The third-order valence-electron chi connectivity index (χ3n) is 6.74. The van der Waals surface area contributed by atoms with Crippen molar-refractivity contribution in [3.63, 3.8) is 0 Å². The summed E-state index contributed by atoms with van der Waals surface area (Å²) in [4.78, 5) is 32.8. The van der Waals surface area contributed by atoms with Crippen molar-refractivity contribution in [2.75, 3.05) is 36.4 Å². The summed E-state index contributed by atoms with van der Waals surface area (Å²) in [6.07, 6.45) is 1.34. The second kappa shape index (κ2) is 8.85. The molecule has 0 saturated carbocycles. The monoisotopic (exact) mass is 459 g/mol. The van der Waals surface area contributed by atoms with Crippen molar-refractivity contribution >= 4 is 34.7 Å². The van der Waals surface area contributed by atoms with E-state index >= 15 is 0 Å². The number of nitrogens with zero attached hydrogens (tertiary/aromatic N) is 4. The van der Waals surface area contributed by atoms with Gasteiger partial charge >= 0.3 is 6.09 Å². The number of benzene rings is 2. The number of hydrogen-bond acceptors (Lipinski definition) is 4. The van der Waals surface area contributed by atoms with E-state index in [1.165, 1.54) is 10.5 Å². The zero-order chi connectivity index (χ0) is 23.8. The molecule has 1 aromatic heterocycles. The number of allylic oxidation sites excluding steroid dienone is 2. The quantitative estimate of drug-likeness (QED) is 0.555. The van der Waals surface area contributed by atoms with E-state index in [4.69, 9.17) is 4.98 Å². The van der Waals surface area contributed by atoms with Gasteiger partial charge in [0, 0.05) is 55.8 Å². The molecule has 2 aromatic carbocycles. The number of amides is 2. The summed E-state index contributed by atoms with van der Waals surface area (Å²) in [5, 5.41) is 12.3. The lowest BCUT2D eigenvalue weighted by Gasteiger charge is -2.22. The Kier molecular flexibility index (Phi) is 5.73. The Morgan fingerprint density at radius 3 is 2.41 bits per heavy atom. The Labute approximate surface area is 198 Å². The zero-order valence-corrected chi connectivity index (χ0v) is 19.4. The van der Waals surface area contributed by atoms with Gasteiger partial charge in [-0.2, -0.15) is 0 Å². The molecule has 2 aliphatic rings. The van der Waals surface area contributed by atoms with Crippen LogP contribution in [0.1, 0.15) is 24.2 Å². The molecule has 5 rings (SSSR count). The number of aromatic nitrogens is 2. The van der Waals surface area contributed by atoms with Crippen molar-refractivity contribution < 1.29 is 14.7 Å². The van der Waals surface area contributed by atoms with Gasteiger partial charge in [0.05, 0.1) is 11.0 Å². The van der Waals surface area contributed by atoms with E-state index in [0.717, 1.165) is 35.8 Å². The maximum absolute atomic E-state index is 12.7. The average molecular weight is 460 g/mol. The van der Waals surface area contributed by atoms with Crippen LogP contribution in [0, 0.1) is 11.8 Å². The molecule has 2 saturated heterocycles. The number of fused-ring (bicyclic) bond motifs is 2. The van der Waals surface area contributed by atoms with E-state index in [2.05, 4.69) is 34.7 Å². The number of anilines is 2. The summed E-state index contributed by atoms with van der Waals surface area (Å²) in [6.45, 7) is 7.59. The fourth-order valence-electron chi connectivity index (χ4n) is 4.99. The molecular formula is C26H29N5O3. The first-order valence-electron chi connectivity index (χ1n) is 11.6. The number of carbonyl (C=O) groups excluding carboxylic acids is 1. The molecule has 34 heavy (non-hydrogen) atoms. The highest BCUT2D eigenvalue weighted by molar-refractivity contribution is 6.05. The second-order valence-electron chi connectivity index (χ2n) is 9.44. The normalized spacial score (nSPS) is 19.4. The van der Waals surface area contributed by atoms with Gasteiger partial charge in [0.1, 0.15) is 0 Å². The van der Waals surface area contributed by atoms with E-state index in [9.17, 15) is 14.7 Å². The van der Waals surface area contributed by atoms with Crippen LogP contribution < -0.4 is 10.2 Å². The van der Waals surface area contributed by atoms with Crippen molar-refractivity contribution in [3.8, 4) is 0 Å². The average Bonchev–Trinajstić information content (AvgIpc) is 3.49. The summed E-state index contributed by atoms with van der Waals surface area (Å²) < 4.78 is 2.19. The molecule has 8 heteroatoms. The van der Waals surface area contributed by atoms with Gasteiger partial charge in [0.2, 0.25) is 5.95 Å². The molecule has 3 aromatic rings. The zero-order valence-electron chi connectivity index (χ0n) is 19.4. The number of likely N-dealkylation sites (tertiary alicyclic amines) is 1. The maximum Gasteiger partial charge on any atom is 0.407 e. The summed E-state index contributed by atoms with van der Waals surface area (Å²) >= 11 is 0. The molecule has 2 atom stereocenters. The SMILES string of the molecule is CC(C)=CCn1c(N2CC3CN(C(=O)O)CC3C2)nc2ccc(NC(=O)c3ccccc3)cc21. The van der Waals surface area contributed by atoms with Gasteiger partial charge in [0.15, 0.2) is 0 Å². The predicted molar refractivity (Wildman–Crippen MR) is 132 cm³/mol. The molecular weight excluding hydrogens is 430 g/mol. The molecule has 2 N–H and O–H groups in total. The number of carbonyl (C=O) groups is 2. The number of imidazole rings is 1. The van der Waals surface area contributed by atoms with Gasteiger partial charge in [-0.25, -0.2) is 9.78 Å². The lowest BCUT2D eigenvalue weighted by molar-refractivity contribution is 0.102. The first-order valence-corrected chi connectivity index (χ1v) is 11.6. The Morgan fingerprint density at radius 2 is 1.76 bits per heavy atom. The Hall–Kier alpha value is -3.81. The number of nitrogens with one attached hydrogen (secondary N) is 1. The van der Waals surface area contributed by atoms with Crippen LogP contribution in [-0.4, -0.2) is 57.7 Å². The molecule has 0 aliphatic carbocycles. The van der Waals surface area contributed by atoms with Crippen molar-refractivity contribution in [1.29, 1.82) is 0 Å². The van der Waals surface area contributed by atoms with Crippen molar-refractivity contribution in [1.82, 2.24) is 14.5 Å². The van der Waals surface area contributed by atoms with Gasteiger partial charge in [-0.3, -0.25) is 4.79 Å². The minimum absolute atomic E-state index is 0.147. The predicted octanol–water partition coefficient (Wildman–Crippen LogP) is 4.30. The standard InChI is InChI=1S/C26H29N5O3/c1-17(2)10-11-31-23-12-21(27-24(32)18-6-4-3-5-7-18)8-9-22(23)28-25(31)29-13-19-15-30(26(33)34)16-20(19)14-29/h3-10,12,19-20H,11,13-16H2,1-2H3,(H,27,32)(H,33,34). The molecule has 2 unspecified atom stereocenters. The van der Waals surface area contributed by atoms with E-state index in [1.54, 1.807) is 12.1 Å². The minimum Gasteiger partial charge on any atom is -0.465 e. The van der Waals surface area contributed by atoms with Crippen LogP contribution in [0.4, 0.5) is 16.4 Å². The van der Waals surface area contributed by atoms with Crippen molar-refractivity contribution in [2.45, 2.75) is 20.4 Å². The van der Waals surface area contributed by atoms with Crippen molar-refractivity contribution in [3.05, 3.63) is 65.7 Å². The highest BCUT2D eigenvalue weighted by Crippen LogP contribution is 2.35. The van der Waals surface area contributed by atoms with Crippen LogP contribution in [0.2, 0.25) is 0 Å². The van der Waals surface area contributed by atoms with Crippen molar-refractivity contribution in [2.24, 2.45) is 11.8 Å². The van der Waals surface area contributed by atoms with Crippen LogP contribution in [-0.2, 0) is 6.54 Å². The number of hydrogen-bond donors (Lipinski definition) is 2. The molecule has 2 fully saturated rings. The summed E-state index contributed by atoms with van der Waals surface area (Å²) in [7, 11) is 0. The fraction of sp³-hybridized carbons (Fsp3) is 0.346. The van der Waals surface area contributed by atoms with Gasteiger partial charge in [-0.15, -0.1) is 0 Å². The topological polar surface area (TPSA) is 90.7 Å². The summed E-state index contributed by atoms with van der Waals surface area (Å²) in [5.41, 5.74) is 4.39. The number of carboxylic acid groups (broad SMARTS) is 1. The van der Waals surface area contributed by atoms with Gasteiger partial charge in [-0.1, -0.05) is 29.8 Å². The Balaban J connectivity index is 1.44. The van der Waals surface area contributed by atoms with E-state index in [-0.39, 0.29) is 5.91 Å². The van der Waals surface area contributed by atoms with E-state index in [1.807, 2.05) is 36.4 Å². The first kappa shape index (κ1) is 22.0. The lowest BCUT2D eigenvalue weighted by Crippen LogP contribution is -2.33. The van der Waals surface area contributed by atoms with Crippen LogP contribution in [0.3, 0.4) is 0 Å². The van der Waals surface area contributed by atoms with Gasteiger partial charge in [0.25, 0.3) is 5.91 Å². The molecule has 2 aliphatic heterocycles. The van der Waals surface area contributed by atoms with Crippen LogP contribution in [0.15, 0.2) is 60.2 Å². The van der Waals surface area contributed by atoms with E-state index in [0.29, 0.717) is 37.0 Å². The fourth-order valence-corrected chi connectivity index (χ4v) is 4.99. The number of rotatable bonds is 5. The van der Waals surface area contributed by atoms with Crippen LogP contribution >= 0.6 is 0 Å². The van der Waals surface area contributed by atoms with Gasteiger partial charge < -0.3 is 24.8 Å². The summed E-state index contributed by atoms with van der Waals surface area (Å²) in [6, 6.07) is 15.0. The molecule has 0 bridgehead atoms. The second-order valence-corrected chi connectivity index (χ2v) is 9.44. The van der Waals surface area contributed by atoms with Gasteiger partial charge in [-0.05, 0) is 44.2 Å². The third-order valence-corrected chi connectivity index (χ3v) is 6.74. The molecule has 176 valence electrons.